The number of aromatic nitrogens is 3. The molecule has 2 N–H and O–H groups in total. The van der Waals surface area contributed by atoms with Crippen LogP contribution in [0.5, 0.6) is 0 Å². The maximum Gasteiger partial charge on any atom is 0.251 e. The second-order valence-corrected chi connectivity index (χ2v) is 10.3. The van der Waals surface area contributed by atoms with Gasteiger partial charge < -0.3 is 5.73 Å². The van der Waals surface area contributed by atoms with Crippen LogP contribution in [0.4, 0.5) is 13.2 Å². The predicted octanol–water partition coefficient (Wildman–Crippen LogP) is 4.70. The Labute approximate surface area is 229 Å². The summed E-state index contributed by atoms with van der Waals surface area (Å²) in [6.45, 7) is 3.47. The van der Waals surface area contributed by atoms with Crippen molar-refractivity contribution in [3.63, 3.8) is 0 Å². The number of amides is 1. The van der Waals surface area contributed by atoms with Crippen molar-refractivity contribution >= 4 is 11.7 Å². The van der Waals surface area contributed by atoms with Crippen LogP contribution in [0.15, 0.2) is 54.7 Å². The van der Waals surface area contributed by atoms with Crippen LogP contribution in [-0.4, -0.2) is 38.4 Å². The summed E-state index contributed by atoms with van der Waals surface area (Å²) in [6, 6.07) is 10.6. The lowest BCUT2D eigenvalue weighted by molar-refractivity contribution is -0.120. The van der Waals surface area contributed by atoms with E-state index in [-0.39, 0.29) is 30.7 Å². The number of nitrogens with zero attached hydrogens (tertiary/aromatic N) is 4. The Balaban J connectivity index is 1.50. The van der Waals surface area contributed by atoms with Gasteiger partial charge in [0.05, 0.1) is 23.5 Å². The molecule has 1 aliphatic rings. The lowest BCUT2D eigenvalue weighted by Gasteiger charge is -2.20. The van der Waals surface area contributed by atoms with Crippen molar-refractivity contribution in [2.75, 3.05) is 7.05 Å². The van der Waals surface area contributed by atoms with Gasteiger partial charge in [-0.25, -0.2) is 13.2 Å². The third kappa shape index (κ3) is 5.67. The van der Waals surface area contributed by atoms with E-state index >= 15 is 0 Å². The van der Waals surface area contributed by atoms with Crippen molar-refractivity contribution in [3.8, 4) is 11.1 Å². The van der Waals surface area contributed by atoms with Gasteiger partial charge in [0.25, 0.3) is 5.91 Å². The molecule has 0 saturated heterocycles. The number of rotatable bonds is 9. The lowest BCUT2D eigenvalue weighted by atomic mass is 9.86. The first-order valence-electron chi connectivity index (χ1n) is 12.8. The number of Topliss-reactive ketones (excluding diaryl/α,β-unsaturated/α-hetero) is 1. The fraction of sp³-hybridized carbons (Fsp3) is 0.267. The number of carbonyl (C=O) groups excluding carboxylic acids is 2. The summed E-state index contributed by atoms with van der Waals surface area (Å²) in [4.78, 5) is 31.9. The minimum atomic E-state index is -0.917. The molecule has 3 heterocycles. The molecule has 1 aliphatic heterocycles. The van der Waals surface area contributed by atoms with Crippen molar-refractivity contribution in [1.82, 2.24) is 19.7 Å². The van der Waals surface area contributed by atoms with Crippen molar-refractivity contribution in [3.05, 3.63) is 106 Å². The van der Waals surface area contributed by atoms with Gasteiger partial charge in [0.2, 0.25) is 0 Å². The van der Waals surface area contributed by atoms with Crippen LogP contribution in [-0.2, 0) is 30.8 Å². The van der Waals surface area contributed by atoms with Crippen molar-refractivity contribution in [2.45, 2.75) is 45.3 Å². The van der Waals surface area contributed by atoms with E-state index in [1.807, 2.05) is 14.0 Å². The zero-order valence-electron chi connectivity index (χ0n) is 22.1. The third-order valence-electron chi connectivity index (χ3n) is 7.23. The van der Waals surface area contributed by atoms with Crippen LogP contribution in [0.25, 0.3) is 11.1 Å². The van der Waals surface area contributed by atoms with Gasteiger partial charge in [-0.15, -0.1) is 0 Å². The molecule has 2 aromatic heterocycles. The molecule has 0 bridgehead atoms. The Hall–Kier alpha value is -4.31. The van der Waals surface area contributed by atoms with Crippen molar-refractivity contribution < 1.29 is 22.8 Å². The van der Waals surface area contributed by atoms with Gasteiger partial charge in [-0.1, -0.05) is 12.1 Å². The second kappa shape index (κ2) is 11.1. The monoisotopic (exact) mass is 547 g/mol. The summed E-state index contributed by atoms with van der Waals surface area (Å²) >= 11 is 0. The molecule has 7 nitrogen and oxygen atoms in total. The van der Waals surface area contributed by atoms with E-state index < -0.39 is 29.3 Å². The highest BCUT2D eigenvalue weighted by Gasteiger charge is 2.26. The fourth-order valence-corrected chi connectivity index (χ4v) is 5.37. The van der Waals surface area contributed by atoms with Crippen LogP contribution >= 0.6 is 0 Å². The molecule has 206 valence electrons. The van der Waals surface area contributed by atoms with E-state index in [4.69, 9.17) is 5.73 Å². The summed E-state index contributed by atoms with van der Waals surface area (Å²) in [5.41, 5.74) is 9.95. The first-order chi connectivity index (χ1) is 19.1. The normalized spacial score (nSPS) is 13.8. The number of nitrogens with two attached hydrogens (primary N) is 1. The molecule has 0 radical (unpaired) electrons. The highest BCUT2D eigenvalue weighted by atomic mass is 19.1. The molecule has 1 amide bonds. The van der Waals surface area contributed by atoms with E-state index in [1.165, 1.54) is 24.3 Å². The van der Waals surface area contributed by atoms with Gasteiger partial charge in [-0.2, -0.15) is 5.10 Å². The molecule has 0 saturated carbocycles. The predicted molar refractivity (Wildman–Crippen MR) is 143 cm³/mol. The topological polar surface area (TPSA) is 94.1 Å². The summed E-state index contributed by atoms with van der Waals surface area (Å²) < 4.78 is 44.0. The van der Waals surface area contributed by atoms with Gasteiger partial charge >= 0.3 is 0 Å². The average Bonchev–Trinajstić information content (AvgIpc) is 3.39. The van der Waals surface area contributed by atoms with Gasteiger partial charge in [0, 0.05) is 54.5 Å². The maximum atomic E-state index is 14.2. The number of primary amides is 1. The SMILES string of the molecule is Cc1c2c(nn1CC(=O)C[C@@H](Cc1cc(F)cc(F)c1)c1ncccc1-c1ccc(F)c(C(N)=O)c1)CN(C)C2. The molecule has 1 atom stereocenters. The average molecular weight is 548 g/mol. The summed E-state index contributed by atoms with van der Waals surface area (Å²) in [7, 11) is 2.01. The van der Waals surface area contributed by atoms with E-state index in [0.717, 1.165) is 35.6 Å². The molecule has 0 spiro atoms. The standard InChI is InChI=1S/C30H28F3N5O2/c1-17-26-15-37(2)16-28(26)36-38(17)14-23(39)11-20(8-18-9-21(31)13-22(32)10-18)29-24(4-3-7-35-29)19-5-6-27(33)25(12-19)30(34)40/h3-7,9-10,12-13,20H,8,11,14-16H2,1-2H3,(H2,34,40)/t20-/m1/s1. The van der Waals surface area contributed by atoms with Crippen LogP contribution in [0, 0.1) is 24.4 Å². The van der Waals surface area contributed by atoms with Gasteiger partial charge in [-0.3, -0.25) is 24.2 Å². The number of carbonyl (C=O) groups is 2. The zero-order chi connectivity index (χ0) is 28.6. The van der Waals surface area contributed by atoms with Crippen LogP contribution in [0.2, 0.25) is 0 Å². The number of hydrogen-bond acceptors (Lipinski definition) is 5. The van der Waals surface area contributed by atoms with Gasteiger partial charge in [0.15, 0.2) is 5.78 Å². The molecular formula is C30H28F3N5O2. The second-order valence-electron chi connectivity index (χ2n) is 10.3. The zero-order valence-corrected chi connectivity index (χ0v) is 22.1. The molecule has 4 aromatic rings. The highest BCUT2D eigenvalue weighted by Crippen LogP contribution is 2.34. The molecule has 2 aromatic carbocycles. The fourth-order valence-electron chi connectivity index (χ4n) is 5.37. The smallest absolute Gasteiger partial charge is 0.251 e. The number of fused-ring (bicyclic) bond motifs is 1. The molecule has 5 rings (SSSR count). The summed E-state index contributed by atoms with van der Waals surface area (Å²) in [5.74, 6) is -3.83. The minimum absolute atomic E-state index is 0.00981. The Kier molecular flexibility index (Phi) is 7.53. The summed E-state index contributed by atoms with van der Waals surface area (Å²) in [5, 5.41) is 4.63. The quantitative estimate of drug-likeness (QED) is 0.328. The molecule has 10 heteroatoms. The number of hydrogen-bond donors (Lipinski definition) is 1. The Morgan fingerprint density at radius 3 is 2.50 bits per heavy atom. The van der Waals surface area contributed by atoms with E-state index in [1.54, 1.807) is 23.0 Å². The number of benzene rings is 2. The number of ketones is 1. The third-order valence-corrected chi connectivity index (χ3v) is 7.23. The van der Waals surface area contributed by atoms with Crippen LogP contribution in [0.3, 0.4) is 0 Å². The van der Waals surface area contributed by atoms with E-state index in [2.05, 4.69) is 15.0 Å². The van der Waals surface area contributed by atoms with Crippen LogP contribution in [0.1, 0.15) is 50.9 Å². The number of halogens is 3. The Bertz CT molecular complexity index is 1600. The molecule has 0 fully saturated rings. The van der Waals surface area contributed by atoms with Gasteiger partial charge in [0.1, 0.15) is 17.5 Å². The van der Waals surface area contributed by atoms with E-state index in [9.17, 15) is 22.8 Å². The maximum absolute atomic E-state index is 14.2. The summed E-state index contributed by atoms with van der Waals surface area (Å²) in [6.07, 6.45) is 1.68. The van der Waals surface area contributed by atoms with E-state index in [0.29, 0.717) is 28.9 Å². The molecule has 0 unspecified atom stereocenters. The Morgan fingerprint density at radius 1 is 1.05 bits per heavy atom. The first-order valence-corrected chi connectivity index (χ1v) is 12.8. The number of pyridine rings is 1. The van der Waals surface area contributed by atoms with Gasteiger partial charge in [-0.05, 0) is 61.9 Å². The molecule has 0 aliphatic carbocycles. The minimum Gasteiger partial charge on any atom is -0.366 e. The molecular weight excluding hydrogens is 519 g/mol. The lowest BCUT2D eigenvalue weighted by Crippen LogP contribution is -2.19. The first kappa shape index (κ1) is 27.3. The highest BCUT2D eigenvalue weighted by molar-refractivity contribution is 5.94. The Morgan fingerprint density at radius 2 is 1.80 bits per heavy atom. The van der Waals surface area contributed by atoms with Crippen LogP contribution < -0.4 is 5.73 Å². The van der Waals surface area contributed by atoms with Crippen molar-refractivity contribution in [2.24, 2.45) is 5.73 Å². The molecule has 40 heavy (non-hydrogen) atoms. The van der Waals surface area contributed by atoms with Crippen molar-refractivity contribution in [1.29, 1.82) is 0 Å². The largest absolute Gasteiger partial charge is 0.366 e.